The summed E-state index contributed by atoms with van der Waals surface area (Å²) in [6.07, 6.45) is 4.54. The van der Waals surface area contributed by atoms with Gasteiger partial charge in [-0.2, -0.15) is 10.4 Å². The van der Waals surface area contributed by atoms with Gasteiger partial charge in [0.1, 0.15) is 0 Å². The number of para-hydroxylation sites is 1. The molecule has 0 bridgehead atoms. The van der Waals surface area contributed by atoms with Crippen LogP contribution in [0, 0.1) is 11.3 Å². The summed E-state index contributed by atoms with van der Waals surface area (Å²) < 4.78 is 2.14. The number of hydrogen-bond acceptors (Lipinski definition) is 4. The van der Waals surface area contributed by atoms with Gasteiger partial charge >= 0.3 is 0 Å². The Labute approximate surface area is 170 Å². The number of piperazine rings is 1. The van der Waals surface area contributed by atoms with E-state index < -0.39 is 0 Å². The molecule has 0 N–H and O–H groups in total. The van der Waals surface area contributed by atoms with Gasteiger partial charge in [0, 0.05) is 53.0 Å². The third-order valence-corrected chi connectivity index (χ3v) is 5.34. The molecule has 1 aliphatic rings. The fourth-order valence-corrected chi connectivity index (χ4v) is 3.72. The molecule has 28 heavy (non-hydrogen) atoms. The van der Waals surface area contributed by atoms with E-state index in [2.05, 4.69) is 51.0 Å². The van der Waals surface area contributed by atoms with Gasteiger partial charge in [-0.05, 0) is 30.3 Å². The molecule has 3 aromatic rings. The summed E-state index contributed by atoms with van der Waals surface area (Å²) in [4.78, 5) is 2.36. The number of nitrogens with zero attached hydrogens (tertiary/aromatic N) is 5. The van der Waals surface area contributed by atoms with E-state index in [0.29, 0.717) is 13.0 Å². The molecule has 0 aliphatic carbocycles. The highest BCUT2D eigenvalue weighted by molar-refractivity contribution is 6.30. The summed E-state index contributed by atoms with van der Waals surface area (Å²) >= 11 is 5.98. The van der Waals surface area contributed by atoms with Crippen LogP contribution in [0.3, 0.4) is 0 Å². The molecule has 0 unspecified atom stereocenters. The van der Waals surface area contributed by atoms with Gasteiger partial charge in [0.05, 0.1) is 31.8 Å². The van der Waals surface area contributed by atoms with E-state index in [9.17, 15) is 0 Å². The zero-order valence-corrected chi connectivity index (χ0v) is 16.4. The highest BCUT2D eigenvalue weighted by Crippen LogP contribution is 2.22. The third kappa shape index (κ3) is 3.97. The second-order valence-corrected chi connectivity index (χ2v) is 7.30. The summed E-state index contributed by atoms with van der Waals surface area (Å²) in [5, 5.41) is 17.7. The fraction of sp³-hybridized carbons (Fsp3) is 0.273. The Hall–Kier alpha value is -2.97. The van der Waals surface area contributed by atoms with E-state index in [0.717, 1.165) is 42.3 Å². The molecule has 0 atom stereocenters. The second-order valence-electron chi connectivity index (χ2n) is 6.86. The van der Waals surface area contributed by atoms with Crippen molar-refractivity contribution in [2.45, 2.75) is 13.0 Å². The molecule has 0 spiro atoms. The van der Waals surface area contributed by atoms with Crippen molar-refractivity contribution in [2.24, 2.45) is 5.10 Å². The number of nitriles is 1. The van der Waals surface area contributed by atoms with Crippen molar-refractivity contribution in [2.75, 3.05) is 31.1 Å². The first kappa shape index (κ1) is 18.4. The predicted molar refractivity (Wildman–Crippen MR) is 115 cm³/mol. The number of anilines is 1. The minimum atomic E-state index is 0.502. The van der Waals surface area contributed by atoms with Gasteiger partial charge in [-0.25, -0.2) is 0 Å². The first-order chi connectivity index (χ1) is 13.7. The van der Waals surface area contributed by atoms with E-state index >= 15 is 0 Å². The lowest BCUT2D eigenvalue weighted by atomic mass is 10.2. The number of rotatable bonds is 5. The van der Waals surface area contributed by atoms with Gasteiger partial charge in [0.15, 0.2) is 0 Å². The van der Waals surface area contributed by atoms with Crippen LogP contribution in [0.15, 0.2) is 59.8 Å². The van der Waals surface area contributed by atoms with Gasteiger partial charge in [0.25, 0.3) is 0 Å². The molecular weight excluding hydrogens is 370 g/mol. The summed E-state index contributed by atoms with van der Waals surface area (Å²) in [6, 6.07) is 18.5. The standard InChI is InChI=1S/C22H22ClN5/c23-19-6-8-20(9-7-19)26-12-14-28(15-13-26)25-16-18-17-27(11-3-10-24)22-5-2-1-4-21(18)22/h1-2,4-9,16-17H,3,11-15H2. The number of hydrazone groups is 1. The van der Waals surface area contributed by atoms with Crippen LogP contribution in [-0.2, 0) is 6.54 Å². The molecule has 0 saturated carbocycles. The molecule has 2 heterocycles. The monoisotopic (exact) mass is 391 g/mol. The summed E-state index contributed by atoms with van der Waals surface area (Å²) in [7, 11) is 0. The van der Waals surface area contributed by atoms with Crippen molar-refractivity contribution in [3.63, 3.8) is 0 Å². The fourth-order valence-electron chi connectivity index (χ4n) is 3.60. The van der Waals surface area contributed by atoms with Gasteiger partial charge < -0.3 is 9.47 Å². The number of hydrogen-bond donors (Lipinski definition) is 0. The van der Waals surface area contributed by atoms with Crippen LogP contribution in [-0.4, -0.2) is 42.0 Å². The average Bonchev–Trinajstić information content (AvgIpc) is 3.09. The maximum atomic E-state index is 8.89. The number of halogens is 1. The molecule has 1 aliphatic heterocycles. The topological polar surface area (TPSA) is 47.6 Å². The highest BCUT2D eigenvalue weighted by Gasteiger charge is 2.16. The van der Waals surface area contributed by atoms with Crippen LogP contribution in [0.1, 0.15) is 12.0 Å². The molecule has 0 radical (unpaired) electrons. The molecule has 0 amide bonds. The minimum absolute atomic E-state index is 0.502. The molecule has 5 nitrogen and oxygen atoms in total. The van der Waals surface area contributed by atoms with Gasteiger partial charge in [-0.1, -0.05) is 29.8 Å². The zero-order chi connectivity index (χ0) is 19.3. The Morgan fingerprint density at radius 1 is 1.04 bits per heavy atom. The largest absolute Gasteiger partial charge is 0.368 e. The third-order valence-electron chi connectivity index (χ3n) is 5.09. The van der Waals surface area contributed by atoms with E-state index in [4.69, 9.17) is 22.0 Å². The van der Waals surface area contributed by atoms with E-state index in [1.54, 1.807) is 0 Å². The maximum Gasteiger partial charge on any atom is 0.0640 e. The van der Waals surface area contributed by atoms with E-state index in [1.165, 1.54) is 11.1 Å². The predicted octanol–water partition coefficient (Wildman–Crippen LogP) is 4.36. The van der Waals surface area contributed by atoms with Crippen LogP contribution in [0.5, 0.6) is 0 Å². The Bertz CT molecular complexity index is 1010. The average molecular weight is 392 g/mol. The SMILES string of the molecule is N#CCCn1cc(C=NN2CCN(c3ccc(Cl)cc3)CC2)c2ccccc21. The molecule has 2 aromatic carbocycles. The van der Waals surface area contributed by atoms with Gasteiger partial charge in [-0.15, -0.1) is 0 Å². The molecule has 142 valence electrons. The van der Waals surface area contributed by atoms with Crippen molar-refractivity contribution in [3.05, 3.63) is 65.3 Å². The quantitative estimate of drug-likeness (QED) is 0.607. The van der Waals surface area contributed by atoms with Crippen molar-refractivity contribution >= 4 is 34.4 Å². The lowest BCUT2D eigenvalue weighted by molar-refractivity contribution is 0.272. The zero-order valence-electron chi connectivity index (χ0n) is 15.6. The maximum absolute atomic E-state index is 8.89. The first-order valence-electron chi connectivity index (χ1n) is 9.49. The van der Waals surface area contributed by atoms with Crippen molar-refractivity contribution in [3.8, 4) is 6.07 Å². The normalized spacial score (nSPS) is 14.7. The van der Waals surface area contributed by atoms with Crippen LogP contribution < -0.4 is 4.90 Å². The Kier molecular flexibility index (Phi) is 5.50. The van der Waals surface area contributed by atoms with Crippen LogP contribution in [0.2, 0.25) is 5.02 Å². The van der Waals surface area contributed by atoms with Crippen molar-refractivity contribution in [1.82, 2.24) is 9.58 Å². The molecular formula is C22H22ClN5. The molecule has 1 aromatic heterocycles. The second kappa shape index (κ2) is 8.37. The Morgan fingerprint density at radius 3 is 2.54 bits per heavy atom. The van der Waals surface area contributed by atoms with Crippen LogP contribution in [0.25, 0.3) is 10.9 Å². The lowest BCUT2D eigenvalue weighted by Crippen LogP contribution is -2.44. The number of aryl methyl sites for hydroxylation is 1. The molecule has 1 saturated heterocycles. The first-order valence-corrected chi connectivity index (χ1v) is 9.86. The van der Waals surface area contributed by atoms with E-state index in [1.807, 2.05) is 30.5 Å². The highest BCUT2D eigenvalue weighted by atomic mass is 35.5. The molecule has 6 heteroatoms. The van der Waals surface area contributed by atoms with Gasteiger partial charge in [-0.3, -0.25) is 5.01 Å². The van der Waals surface area contributed by atoms with Crippen molar-refractivity contribution < 1.29 is 0 Å². The molecule has 4 rings (SSSR count). The number of aromatic nitrogens is 1. The van der Waals surface area contributed by atoms with Crippen LogP contribution in [0.4, 0.5) is 5.69 Å². The summed E-state index contributed by atoms with van der Waals surface area (Å²) in [5.74, 6) is 0. The lowest BCUT2D eigenvalue weighted by Gasteiger charge is -2.34. The van der Waals surface area contributed by atoms with Gasteiger partial charge in [0.2, 0.25) is 0 Å². The number of fused-ring (bicyclic) bond motifs is 1. The van der Waals surface area contributed by atoms with Crippen molar-refractivity contribution in [1.29, 1.82) is 5.26 Å². The Morgan fingerprint density at radius 2 is 1.79 bits per heavy atom. The number of benzene rings is 2. The molecule has 1 fully saturated rings. The summed E-state index contributed by atoms with van der Waals surface area (Å²) in [6.45, 7) is 4.33. The summed E-state index contributed by atoms with van der Waals surface area (Å²) in [5.41, 5.74) is 3.44. The Balaban J connectivity index is 1.44. The van der Waals surface area contributed by atoms with E-state index in [-0.39, 0.29) is 0 Å². The van der Waals surface area contributed by atoms with Crippen LogP contribution >= 0.6 is 11.6 Å². The minimum Gasteiger partial charge on any atom is -0.368 e. The smallest absolute Gasteiger partial charge is 0.0640 e.